The Morgan fingerprint density at radius 2 is 1.84 bits per heavy atom. The molecule has 1 aromatic carbocycles. The number of hydrogen-bond acceptors (Lipinski definition) is 2. The summed E-state index contributed by atoms with van der Waals surface area (Å²) in [5, 5.41) is 0. The van der Waals surface area contributed by atoms with E-state index in [1.807, 2.05) is 31.2 Å². The molecule has 1 aromatic rings. The van der Waals surface area contributed by atoms with E-state index in [9.17, 15) is 13.2 Å². The maximum atomic E-state index is 12.7. The third-order valence-corrected chi connectivity index (χ3v) is 3.37. The van der Waals surface area contributed by atoms with Gasteiger partial charge in [0.25, 0.3) is 0 Å². The predicted molar refractivity (Wildman–Crippen MR) is 73.6 cm³/mol. The number of allylic oxidation sites excluding steroid dienone is 3. The van der Waals surface area contributed by atoms with Crippen LogP contribution in [-0.2, 0) is 0 Å². The van der Waals surface area contributed by atoms with Crippen molar-refractivity contribution in [3.8, 4) is 0 Å². The van der Waals surface area contributed by atoms with E-state index in [1.54, 1.807) is 0 Å². The molecule has 19 heavy (non-hydrogen) atoms. The molecule has 102 valence electrons. The van der Waals surface area contributed by atoms with Crippen molar-refractivity contribution in [2.75, 3.05) is 0 Å². The molecule has 5 heteroatoms. The molecule has 0 saturated carbocycles. The van der Waals surface area contributed by atoms with Crippen LogP contribution in [0.5, 0.6) is 0 Å². The second kappa shape index (κ2) is 6.52. The van der Waals surface area contributed by atoms with E-state index < -0.39 is 11.7 Å². The largest absolute Gasteiger partial charge is 0.418 e. The summed E-state index contributed by atoms with van der Waals surface area (Å²) in [4.78, 5) is 0.854. The molecule has 0 heterocycles. The minimum Gasteiger partial charge on any atom is -0.325 e. The van der Waals surface area contributed by atoms with E-state index in [-0.39, 0.29) is 5.70 Å². The Morgan fingerprint density at radius 3 is 2.32 bits per heavy atom. The molecular formula is C14H14F3NS. The minimum atomic E-state index is -4.45. The van der Waals surface area contributed by atoms with Crippen LogP contribution in [0.3, 0.4) is 0 Å². The molecule has 1 rings (SSSR count). The summed E-state index contributed by atoms with van der Waals surface area (Å²) < 4.78 is 40.9. The Bertz CT molecular complexity index is 504. The first-order chi connectivity index (χ1) is 8.90. The molecule has 0 spiro atoms. The fourth-order valence-electron chi connectivity index (χ4n) is 1.37. The van der Waals surface area contributed by atoms with Crippen LogP contribution in [0.1, 0.15) is 5.56 Å². The van der Waals surface area contributed by atoms with Gasteiger partial charge >= 0.3 is 6.18 Å². The number of nitrogens with one attached hydrogen (secondary N) is 1. The first kappa shape index (κ1) is 15.4. The van der Waals surface area contributed by atoms with Crippen molar-refractivity contribution >= 4 is 11.9 Å². The van der Waals surface area contributed by atoms with Gasteiger partial charge in [0, 0.05) is 4.90 Å². The Morgan fingerprint density at radius 1 is 1.21 bits per heavy atom. The normalized spacial score (nSPS) is 12.6. The van der Waals surface area contributed by atoms with Crippen molar-refractivity contribution in [3.05, 3.63) is 66.4 Å². The zero-order valence-electron chi connectivity index (χ0n) is 10.4. The number of alkyl halides is 3. The smallest absolute Gasteiger partial charge is 0.325 e. The highest BCUT2D eigenvalue weighted by molar-refractivity contribution is 7.97. The SMILES string of the molecule is C=C/C(NSc1ccccc1C)=C(\C=C)C(F)(F)F. The van der Waals surface area contributed by atoms with Crippen molar-refractivity contribution in [2.45, 2.75) is 18.0 Å². The predicted octanol–water partition coefficient (Wildman–Crippen LogP) is 4.78. The standard InChI is InChI=1S/C14H14F3NS/c1-4-11(14(15,16)17)12(5-2)18-19-13-9-7-6-8-10(13)3/h4-9,18H,1-2H2,3H3/b12-11-. The molecule has 0 radical (unpaired) electrons. The van der Waals surface area contributed by atoms with Crippen LogP contribution in [0, 0.1) is 6.92 Å². The second-order valence-electron chi connectivity index (χ2n) is 3.70. The lowest BCUT2D eigenvalue weighted by Gasteiger charge is -2.14. The maximum Gasteiger partial charge on any atom is 0.418 e. The van der Waals surface area contributed by atoms with Gasteiger partial charge in [-0.2, -0.15) is 13.2 Å². The average Bonchev–Trinajstić information content (AvgIpc) is 2.34. The van der Waals surface area contributed by atoms with Crippen LogP contribution in [0.2, 0.25) is 0 Å². The summed E-state index contributed by atoms with van der Waals surface area (Å²) in [6.07, 6.45) is -2.54. The molecule has 0 atom stereocenters. The third-order valence-electron chi connectivity index (χ3n) is 2.37. The molecule has 0 fully saturated rings. The van der Waals surface area contributed by atoms with Crippen LogP contribution in [0.25, 0.3) is 0 Å². The Kier molecular flexibility index (Phi) is 5.30. The van der Waals surface area contributed by atoms with Crippen molar-refractivity contribution in [1.29, 1.82) is 0 Å². The highest BCUT2D eigenvalue weighted by Crippen LogP contribution is 2.30. The molecular weight excluding hydrogens is 271 g/mol. The lowest BCUT2D eigenvalue weighted by Crippen LogP contribution is -2.16. The lowest BCUT2D eigenvalue weighted by molar-refractivity contribution is -0.0888. The van der Waals surface area contributed by atoms with Gasteiger partial charge in [0.2, 0.25) is 0 Å². The quantitative estimate of drug-likeness (QED) is 0.617. The van der Waals surface area contributed by atoms with Gasteiger partial charge in [-0.15, -0.1) is 0 Å². The van der Waals surface area contributed by atoms with Crippen LogP contribution >= 0.6 is 11.9 Å². The van der Waals surface area contributed by atoms with E-state index in [2.05, 4.69) is 17.9 Å². The van der Waals surface area contributed by atoms with E-state index in [0.29, 0.717) is 0 Å². The minimum absolute atomic E-state index is 0.101. The summed E-state index contributed by atoms with van der Waals surface area (Å²) >= 11 is 1.11. The lowest BCUT2D eigenvalue weighted by atomic mass is 10.2. The first-order valence-corrected chi connectivity index (χ1v) is 6.26. The number of benzene rings is 1. The number of hydrogen-bond donors (Lipinski definition) is 1. The van der Waals surface area contributed by atoms with E-state index in [0.717, 1.165) is 34.6 Å². The van der Waals surface area contributed by atoms with Crippen LogP contribution in [0.4, 0.5) is 13.2 Å². The van der Waals surface area contributed by atoms with Gasteiger partial charge in [-0.25, -0.2) is 0 Å². The molecule has 1 nitrogen and oxygen atoms in total. The molecule has 0 saturated heterocycles. The summed E-state index contributed by atoms with van der Waals surface area (Å²) in [7, 11) is 0. The van der Waals surface area contributed by atoms with Gasteiger partial charge in [-0.05, 0) is 36.6 Å². The van der Waals surface area contributed by atoms with Crippen molar-refractivity contribution < 1.29 is 13.2 Å². The van der Waals surface area contributed by atoms with Gasteiger partial charge in [0.1, 0.15) is 0 Å². The van der Waals surface area contributed by atoms with Crippen LogP contribution < -0.4 is 4.72 Å². The fourth-order valence-corrected chi connectivity index (χ4v) is 2.15. The van der Waals surface area contributed by atoms with Crippen LogP contribution in [0.15, 0.2) is 65.7 Å². The van der Waals surface area contributed by atoms with Crippen molar-refractivity contribution in [2.24, 2.45) is 0 Å². The zero-order valence-corrected chi connectivity index (χ0v) is 11.2. The summed E-state index contributed by atoms with van der Waals surface area (Å²) in [5.74, 6) is 0. The Balaban J connectivity index is 2.95. The molecule has 0 aromatic heterocycles. The second-order valence-corrected chi connectivity index (χ2v) is 4.55. The van der Waals surface area contributed by atoms with Crippen molar-refractivity contribution in [1.82, 2.24) is 4.72 Å². The summed E-state index contributed by atoms with van der Waals surface area (Å²) in [6, 6.07) is 7.41. The highest BCUT2D eigenvalue weighted by atomic mass is 32.2. The van der Waals surface area contributed by atoms with Crippen LogP contribution in [-0.4, -0.2) is 6.18 Å². The highest BCUT2D eigenvalue weighted by Gasteiger charge is 2.33. The van der Waals surface area contributed by atoms with E-state index >= 15 is 0 Å². The average molecular weight is 285 g/mol. The fraction of sp³-hybridized carbons (Fsp3) is 0.143. The van der Waals surface area contributed by atoms with Gasteiger partial charge in [0.05, 0.1) is 11.3 Å². The number of rotatable bonds is 5. The Labute approximate surface area is 115 Å². The first-order valence-electron chi connectivity index (χ1n) is 5.45. The molecule has 0 amide bonds. The summed E-state index contributed by atoms with van der Waals surface area (Å²) in [5.41, 5.74) is 0.0508. The maximum absolute atomic E-state index is 12.7. The van der Waals surface area contributed by atoms with Gasteiger partial charge in [0.15, 0.2) is 0 Å². The van der Waals surface area contributed by atoms with Crippen molar-refractivity contribution in [3.63, 3.8) is 0 Å². The van der Waals surface area contributed by atoms with Gasteiger partial charge in [-0.3, -0.25) is 0 Å². The molecule has 0 unspecified atom stereocenters. The zero-order chi connectivity index (χ0) is 14.5. The molecule has 1 N–H and O–H groups in total. The van der Waals surface area contributed by atoms with E-state index in [1.165, 1.54) is 0 Å². The monoisotopic (exact) mass is 285 g/mol. The topological polar surface area (TPSA) is 12.0 Å². The number of halogens is 3. The number of aryl methyl sites for hydroxylation is 1. The molecule has 0 aliphatic carbocycles. The molecule has 0 bridgehead atoms. The molecule has 0 aliphatic heterocycles. The van der Waals surface area contributed by atoms with Gasteiger partial charge < -0.3 is 4.72 Å². The summed E-state index contributed by atoms with van der Waals surface area (Å²) in [6.45, 7) is 8.48. The van der Waals surface area contributed by atoms with E-state index in [4.69, 9.17) is 0 Å². The molecule has 0 aliphatic rings. The van der Waals surface area contributed by atoms with Gasteiger partial charge in [-0.1, -0.05) is 37.4 Å². The Hall–Kier alpha value is -1.62. The third kappa shape index (κ3) is 4.21.